The van der Waals surface area contributed by atoms with Gasteiger partial charge in [0.25, 0.3) is 0 Å². The van der Waals surface area contributed by atoms with E-state index in [4.69, 9.17) is 0 Å². The van der Waals surface area contributed by atoms with Gasteiger partial charge in [0.2, 0.25) is 0 Å². The smallest absolute Gasteiger partial charge is 0.0452 e. The Balaban J connectivity index is 1.76. The zero-order valence-corrected chi connectivity index (χ0v) is 9.26. The van der Waals surface area contributed by atoms with Gasteiger partial charge in [-0.25, -0.2) is 0 Å². The minimum absolute atomic E-state index is 0.773. The van der Waals surface area contributed by atoms with E-state index in [1.54, 1.807) is 0 Å². The maximum atomic E-state index is 3.54. The minimum Gasteiger partial charge on any atom is -0.324 e. The molecular weight excluding hydrogens is 196 g/mol. The molecule has 1 aliphatic rings. The molecule has 2 aromatic rings. The number of nitrogens with one attached hydrogen (secondary N) is 1. The summed E-state index contributed by atoms with van der Waals surface area (Å²) in [4.78, 5) is 0. The standard InChI is InChI=1S/C14H16N2/c1-2-9-16(8-1)14-5-3-4-12(10-14)11-15-13-6-7-13/h1-5,8-10,13,15H,6-7,11H2. The van der Waals surface area contributed by atoms with E-state index in [-0.39, 0.29) is 0 Å². The third kappa shape index (κ3) is 2.17. The fourth-order valence-electron chi connectivity index (χ4n) is 1.88. The molecule has 0 atom stereocenters. The number of aromatic nitrogens is 1. The molecule has 0 bridgehead atoms. The molecule has 1 fully saturated rings. The second-order valence-corrected chi connectivity index (χ2v) is 4.42. The SMILES string of the molecule is c1cc(CNC2CC2)cc(-n2cccc2)c1. The van der Waals surface area contributed by atoms with E-state index in [2.05, 4.69) is 58.7 Å². The van der Waals surface area contributed by atoms with Crippen LogP contribution in [0.3, 0.4) is 0 Å². The van der Waals surface area contributed by atoms with Crippen LogP contribution in [0.25, 0.3) is 5.69 Å². The van der Waals surface area contributed by atoms with Crippen molar-refractivity contribution < 1.29 is 0 Å². The number of hydrogen-bond donors (Lipinski definition) is 1. The first-order valence-electron chi connectivity index (χ1n) is 5.87. The van der Waals surface area contributed by atoms with Gasteiger partial charge in [-0.3, -0.25) is 0 Å². The third-order valence-electron chi connectivity index (χ3n) is 2.99. The average Bonchev–Trinajstić information content (AvgIpc) is 2.99. The molecule has 1 saturated carbocycles. The summed E-state index contributed by atoms with van der Waals surface area (Å²) in [6, 6.07) is 13.6. The van der Waals surface area contributed by atoms with Crippen LogP contribution in [0.5, 0.6) is 0 Å². The lowest BCUT2D eigenvalue weighted by atomic mass is 10.2. The van der Waals surface area contributed by atoms with Gasteiger partial charge in [-0.2, -0.15) is 0 Å². The monoisotopic (exact) mass is 212 g/mol. The highest BCUT2D eigenvalue weighted by Crippen LogP contribution is 2.19. The first-order chi connectivity index (χ1) is 7.92. The van der Waals surface area contributed by atoms with E-state index >= 15 is 0 Å². The van der Waals surface area contributed by atoms with Gasteiger partial charge in [0.1, 0.15) is 0 Å². The van der Waals surface area contributed by atoms with Gasteiger partial charge < -0.3 is 9.88 Å². The molecule has 1 heterocycles. The molecule has 2 heteroatoms. The Morgan fingerprint density at radius 2 is 1.94 bits per heavy atom. The fourth-order valence-corrected chi connectivity index (χ4v) is 1.88. The summed E-state index contributed by atoms with van der Waals surface area (Å²) in [6.07, 6.45) is 6.84. The molecule has 1 aliphatic carbocycles. The van der Waals surface area contributed by atoms with Crippen LogP contribution in [0.15, 0.2) is 48.8 Å². The second kappa shape index (κ2) is 4.14. The molecule has 1 aromatic heterocycles. The lowest BCUT2D eigenvalue weighted by Crippen LogP contribution is -2.15. The van der Waals surface area contributed by atoms with Crippen LogP contribution in [-0.4, -0.2) is 10.6 Å². The van der Waals surface area contributed by atoms with Crippen molar-refractivity contribution in [2.75, 3.05) is 0 Å². The second-order valence-electron chi connectivity index (χ2n) is 4.42. The van der Waals surface area contributed by atoms with Crippen molar-refractivity contribution in [3.05, 3.63) is 54.4 Å². The summed E-state index contributed by atoms with van der Waals surface area (Å²) in [7, 11) is 0. The van der Waals surface area contributed by atoms with Gasteiger partial charge in [-0.05, 0) is 42.7 Å². The van der Waals surface area contributed by atoms with Crippen molar-refractivity contribution in [3.63, 3.8) is 0 Å². The minimum atomic E-state index is 0.773. The maximum Gasteiger partial charge on any atom is 0.0452 e. The van der Waals surface area contributed by atoms with Gasteiger partial charge in [0.15, 0.2) is 0 Å². The lowest BCUT2D eigenvalue weighted by molar-refractivity contribution is 0.687. The first-order valence-corrected chi connectivity index (χ1v) is 5.87. The fraction of sp³-hybridized carbons (Fsp3) is 0.286. The van der Waals surface area contributed by atoms with E-state index < -0.39 is 0 Å². The molecule has 82 valence electrons. The molecule has 0 radical (unpaired) electrons. The highest BCUT2D eigenvalue weighted by molar-refractivity contribution is 5.36. The highest BCUT2D eigenvalue weighted by atomic mass is 15.0. The molecule has 0 aliphatic heterocycles. The van der Waals surface area contributed by atoms with Crippen LogP contribution in [0.2, 0.25) is 0 Å². The number of rotatable bonds is 4. The van der Waals surface area contributed by atoms with E-state index in [1.165, 1.54) is 24.1 Å². The van der Waals surface area contributed by atoms with Crippen molar-refractivity contribution in [1.29, 1.82) is 0 Å². The molecule has 1 N–H and O–H groups in total. The topological polar surface area (TPSA) is 17.0 Å². The quantitative estimate of drug-likeness (QED) is 0.824. The Morgan fingerprint density at radius 1 is 1.12 bits per heavy atom. The predicted octanol–water partition coefficient (Wildman–Crippen LogP) is 2.73. The molecule has 3 rings (SSSR count). The summed E-state index contributed by atoms with van der Waals surface area (Å²) < 4.78 is 2.14. The van der Waals surface area contributed by atoms with Gasteiger partial charge in [0, 0.05) is 30.7 Å². The third-order valence-corrected chi connectivity index (χ3v) is 2.99. The number of hydrogen-bond acceptors (Lipinski definition) is 1. The molecular formula is C14H16N2. The maximum absolute atomic E-state index is 3.54. The first kappa shape index (κ1) is 9.67. The van der Waals surface area contributed by atoms with Crippen molar-refractivity contribution in [2.45, 2.75) is 25.4 Å². The molecule has 0 spiro atoms. The van der Waals surface area contributed by atoms with Crippen LogP contribution in [0.4, 0.5) is 0 Å². The Kier molecular flexibility index (Phi) is 2.50. The highest BCUT2D eigenvalue weighted by Gasteiger charge is 2.19. The Morgan fingerprint density at radius 3 is 2.69 bits per heavy atom. The van der Waals surface area contributed by atoms with Gasteiger partial charge >= 0.3 is 0 Å². The van der Waals surface area contributed by atoms with Crippen LogP contribution < -0.4 is 5.32 Å². The van der Waals surface area contributed by atoms with Crippen LogP contribution >= 0.6 is 0 Å². The normalized spacial score (nSPS) is 15.2. The van der Waals surface area contributed by atoms with Crippen molar-refractivity contribution in [3.8, 4) is 5.69 Å². The van der Waals surface area contributed by atoms with Gasteiger partial charge in [-0.15, -0.1) is 0 Å². The van der Waals surface area contributed by atoms with Gasteiger partial charge in [-0.1, -0.05) is 12.1 Å². The molecule has 0 unspecified atom stereocenters. The summed E-state index contributed by atoms with van der Waals surface area (Å²) in [5.74, 6) is 0. The Hall–Kier alpha value is -1.54. The molecule has 0 saturated heterocycles. The number of nitrogens with zero attached hydrogens (tertiary/aromatic N) is 1. The van der Waals surface area contributed by atoms with E-state index in [9.17, 15) is 0 Å². The predicted molar refractivity (Wildman–Crippen MR) is 65.6 cm³/mol. The molecule has 1 aromatic carbocycles. The molecule has 16 heavy (non-hydrogen) atoms. The van der Waals surface area contributed by atoms with E-state index in [0.29, 0.717) is 0 Å². The zero-order chi connectivity index (χ0) is 10.8. The summed E-state index contributed by atoms with van der Waals surface area (Å²) >= 11 is 0. The van der Waals surface area contributed by atoms with Crippen LogP contribution in [-0.2, 0) is 6.54 Å². The van der Waals surface area contributed by atoms with Crippen LogP contribution in [0, 0.1) is 0 Å². The summed E-state index contributed by atoms with van der Waals surface area (Å²) in [5.41, 5.74) is 2.60. The van der Waals surface area contributed by atoms with Crippen molar-refractivity contribution >= 4 is 0 Å². The van der Waals surface area contributed by atoms with Crippen LogP contribution in [0.1, 0.15) is 18.4 Å². The van der Waals surface area contributed by atoms with E-state index in [0.717, 1.165) is 12.6 Å². The summed E-state index contributed by atoms with van der Waals surface area (Å²) in [5, 5.41) is 3.54. The lowest BCUT2D eigenvalue weighted by Gasteiger charge is -2.07. The largest absolute Gasteiger partial charge is 0.324 e. The molecule has 0 amide bonds. The summed E-state index contributed by atoms with van der Waals surface area (Å²) in [6.45, 7) is 0.986. The Labute approximate surface area is 95.9 Å². The van der Waals surface area contributed by atoms with E-state index in [1.807, 2.05) is 0 Å². The molecule has 2 nitrogen and oxygen atoms in total. The zero-order valence-electron chi connectivity index (χ0n) is 9.26. The Bertz CT molecular complexity index is 455. The number of benzene rings is 1. The van der Waals surface area contributed by atoms with Crippen molar-refractivity contribution in [2.24, 2.45) is 0 Å². The van der Waals surface area contributed by atoms with Crippen molar-refractivity contribution in [1.82, 2.24) is 9.88 Å². The average molecular weight is 212 g/mol. The van der Waals surface area contributed by atoms with Gasteiger partial charge in [0.05, 0.1) is 0 Å².